The molecule has 1 unspecified atom stereocenters. The van der Waals surface area contributed by atoms with Gasteiger partial charge in [0.25, 0.3) is 0 Å². The molecule has 4 rings (SSSR count). The summed E-state index contributed by atoms with van der Waals surface area (Å²) in [7, 11) is 0. The molecule has 2 aromatic heterocycles. The molecule has 1 aliphatic carbocycles. The smallest absolute Gasteiger partial charge is 0.230 e. The molecule has 6 heteroatoms. The van der Waals surface area contributed by atoms with E-state index in [1.807, 2.05) is 6.92 Å². The van der Waals surface area contributed by atoms with Crippen LogP contribution in [0.2, 0.25) is 0 Å². The Hall–Kier alpha value is -2.89. The average Bonchev–Trinajstić information content (AvgIpc) is 2.56. The molecule has 6 nitrogen and oxygen atoms in total. The van der Waals surface area contributed by atoms with Gasteiger partial charge in [-0.2, -0.15) is 0 Å². The number of aromatic nitrogens is 4. The van der Waals surface area contributed by atoms with E-state index in [0.717, 1.165) is 28.7 Å². The van der Waals surface area contributed by atoms with E-state index in [4.69, 9.17) is 0 Å². The van der Waals surface area contributed by atoms with Crippen molar-refractivity contribution in [3.63, 3.8) is 0 Å². The highest BCUT2D eigenvalue weighted by atomic mass is 16.1. The minimum Gasteiger partial charge on any atom is -0.294 e. The van der Waals surface area contributed by atoms with E-state index in [9.17, 15) is 4.79 Å². The minimum absolute atomic E-state index is 0.119. The number of carbonyl (C=O) groups is 1. The van der Waals surface area contributed by atoms with Crippen LogP contribution in [0.25, 0.3) is 10.9 Å². The summed E-state index contributed by atoms with van der Waals surface area (Å²) < 4.78 is 0. The van der Waals surface area contributed by atoms with Gasteiger partial charge in [-0.1, -0.05) is 6.92 Å². The SMILES string of the molecule is Cc1cc2nc(Nc3ncc4c(n3)CC(C)CC4=O)nc(C)c2cc1C. The second-order valence-electron chi connectivity index (χ2n) is 7.20. The van der Waals surface area contributed by atoms with Crippen LogP contribution in [0.4, 0.5) is 11.9 Å². The quantitative estimate of drug-likeness (QED) is 0.758. The normalized spacial score (nSPS) is 16.6. The fraction of sp³-hybridized carbons (Fsp3) is 0.350. The van der Waals surface area contributed by atoms with Gasteiger partial charge in [-0.15, -0.1) is 0 Å². The maximum Gasteiger partial charge on any atom is 0.230 e. The van der Waals surface area contributed by atoms with E-state index in [2.05, 4.69) is 58.2 Å². The predicted molar refractivity (Wildman–Crippen MR) is 101 cm³/mol. The third kappa shape index (κ3) is 2.92. The third-order valence-corrected chi connectivity index (χ3v) is 4.97. The van der Waals surface area contributed by atoms with E-state index in [1.54, 1.807) is 6.20 Å². The van der Waals surface area contributed by atoms with Gasteiger partial charge in [-0.3, -0.25) is 10.1 Å². The molecule has 3 aromatic rings. The molecule has 1 aromatic carbocycles. The lowest BCUT2D eigenvalue weighted by Gasteiger charge is -2.19. The number of fused-ring (bicyclic) bond motifs is 2. The van der Waals surface area contributed by atoms with Crippen molar-refractivity contribution in [2.24, 2.45) is 5.92 Å². The number of ketones is 1. The van der Waals surface area contributed by atoms with Crippen molar-refractivity contribution in [1.29, 1.82) is 0 Å². The summed E-state index contributed by atoms with van der Waals surface area (Å²) >= 11 is 0. The standard InChI is InChI=1S/C20H21N5O/c1-10-5-16-15(18(26)6-10)9-21-19(23-16)25-20-22-13(4)14-7-11(2)12(3)8-17(14)24-20/h7-10H,5-6H2,1-4H3,(H,21,22,23,24,25). The van der Waals surface area contributed by atoms with Crippen molar-refractivity contribution < 1.29 is 4.79 Å². The zero-order chi connectivity index (χ0) is 18.4. The molecule has 0 aliphatic heterocycles. The molecular weight excluding hydrogens is 326 g/mol. The summed E-state index contributed by atoms with van der Waals surface area (Å²) in [4.78, 5) is 30.0. The van der Waals surface area contributed by atoms with E-state index in [-0.39, 0.29) is 5.78 Å². The van der Waals surface area contributed by atoms with Crippen molar-refractivity contribution in [2.45, 2.75) is 40.5 Å². The summed E-state index contributed by atoms with van der Waals surface area (Å²) in [6, 6.07) is 4.19. The maximum atomic E-state index is 12.1. The van der Waals surface area contributed by atoms with Crippen LogP contribution in [0.5, 0.6) is 0 Å². The first-order valence-corrected chi connectivity index (χ1v) is 8.82. The van der Waals surface area contributed by atoms with Crippen molar-refractivity contribution in [1.82, 2.24) is 19.9 Å². The molecule has 1 atom stereocenters. The minimum atomic E-state index is 0.119. The lowest BCUT2D eigenvalue weighted by Crippen LogP contribution is -2.20. The Bertz CT molecular complexity index is 1040. The highest BCUT2D eigenvalue weighted by Gasteiger charge is 2.24. The fourth-order valence-electron chi connectivity index (χ4n) is 3.39. The monoisotopic (exact) mass is 347 g/mol. The van der Waals surface area contributed by atoms with Crippen LogP contribution in [-0.4, -0.2) is 25.7 Å². The molecule has 0 bridgehead atoms. The Morgan fingerprint density at radius 3 is 2.58 bits per heavy atom. The highest BCUT2D eigenvalue weighted by molar-refractivity contribution is 5.98. The molecule has 0 amide bonds. The van der Waals surface area contributed by atoms with Gasteiger partial charge in [0.2, 0.25) is 11.9 Å². The molecule has 2 heterocycles. The van der Waals surface area contributed by atoms with Crippen LogP contribution in [0.15, 0.2) is 18.3 Å². The zero-order valence-corrected chi connectivity index (χ0v) is 15.4. The van der Waals surface area contributed by atoms with Gasteiger partial charge in [-0.05, 0) is 56.4 Å². The topological polar surface area (TPSA) is 80.7 Å². The molecule has 26 heavy (non-hydrogen) atoms. The number of hydrogen-bond donors (Lipinski definition) is 1. The third-order valence-electron chi connectivity index (χ3n) is 4.97. The van der Waals surface area contributed by atoms with Crippen LogP contribution in [0.3, 0.4) is 0 Å². The second-order valence-corrected chi connectivity index (χ2v) is 7.20. The summed E-state index contributed by atoms with van der Waals surface area (Å²) in [5.74, 6) is 1.32. The molecule has 132 valence electrons. The molecule has 0 saturated heterocycles. The van der Waals surface area contributed by atoms with E-state index >= 15 is 0 Å². The lowest BCUT2D eigenvalue weighted by molar-refractivity contribution is 0.0951. The number of nitrogens with zero attached hydrogens (tertiary/aromatic N) is 4. The molecule has 0 fully saturated rings. The first-order valence-electron chi connectivity index (χ1n) is 8.82. The Labute approximate surface area is 152 Å². The van der Waals surface area contributed by atoms with E-state index in [0.29, 0.717) is 29.8 Å². The number of anilines is 2. The predicted octanol–water partition coefficient (Wildman–Crippen LogP) is 3.85. The van der Waals surface area contributed by atoms with Gasteiger partial charge in [-0.25, -0.2) is 19.9 Å². The number of Topliss-reactive ketones (excluding diaryl/α,β-unsaturated/α-hetero) is 1. The number of nitrogens with one attached hydrogen (secondary N) is 1. The Balaban J connectivity index is 1.70. The van der Waals surface area contributed by atoms with Crippen LogP contribution < -0.4 is 5.32 Å². The number of aryl methyl sites for hydroxylation is 3. The number of hydrogen-bond acceptors (Lipinski definition) is 6. The number of benzene rings is 1. The molecule has 0 radical (unpaired) electrons. The van der Waals surface area contributed by atoms with Gasteiger partial charge in [0.05, 0.1) is 22.5 Å². The van der Waals surface area contributed by atoms with Crippen LogP contribution in [0.1, 0.15) is 46.2 Å². The van der Waals surface area contributed by atoms with E-state index < -0.39 is 0 Å². The summed E-state index contributed by atoms with van der Waals surface area (Å²) in [6.07, 6.45) is 2.96. The average molecular weight is 347 g/mol. The lowest BCUT2D eigenvalue weighted by atomic mass is 9.88. The van der Waals surface area contributed by atoms with Crippen molar-refractivity contribution >= 4 is 28.6 Å². The van der Waals surface area contributed by atoms with Gasteiger partial charge < -0.3 is 0 Å². The van der Waals surface area contributed by atoms with E-state index in [1.165, 1.54) is 11.1 Å². The molecule has 1 aliphatic rings. The Morgan fingerprint density at radius 2 is 1.77 bits per heavy atom. The van der Waals surface area contributed by atoms with Crippen molar-refractivity contribution in [3.05, 3.63) is 46.4 Å². The maximum absolute atomic E-state index is 12.1. The van der Waals surface area contributed by atoms with Crippen LogP contribution >= 0.6 is 0 Å². The first-order chi connectivity index (χ1) is 12.4. The number of rotatable bonds is 2. The first kappa shape index (κ1) is 16.6. The van der Waals surface area contributed by atoms with Gasteiger partial charge in [0, 0.05) is 18.0 Å². The van der Waals surface area contributed by atoms with Crippen LogP contribution in [-0.2, 0) is 6.42 Å². The molecule has 0 spiro atoms. The fourth-order valence-corrected chi connectivity index (χ4v) is 3.39. The van der Waals surface area contributed by atoms with Crippen molar-refractivity contribution in [3.8, 4) is 0 Å². The molecular formula is C20H21N5O. The van der Waals surface area contributed by atoms with Gasteiger partial charge >= 0.3 is 0 Å². The summed E-state index contributed by atoms with van der Waals surface area (Å²) in [6.45, 7) is 8.20. The summed E-state index contributed by atoms with van der Waals surface area (Å²) in [5, 5.41) is 4.14. The Kier molecular flexibility index (Phi) is 3.90. The number of carbonyl (C=O) groups excluding carboxylic acids is 1. The Morgan fingerprint density at radius 1 is 1.00 bits per heavy atom. The van der Waals surface area contributed by atoms with Crippen LogP contribution in [0, 0.1) is 26.7 Å². The molecule has 1 N–H and O–H groups in total. The van der Waals surface area contributed by atoms with Gasteiger partial charge in [0.15, 0.2) is 5.78 Å². The molecule has 0 saturated carbocycles. The van der Waals surface area contributed by atoms with Crippen molar-refractivity contribution in [2.75, 3.05) is 5.32 Å². The largest absolute Gasteiger partial charge is 0.294 e. The second kappa shape index (κ2) is 6.12. The zero-order valence-electron chi connectivity index (χ0n) is 15.4. The highest BCUT2D eigenvalue weighted by Crippen LogP contribution is 2.25. The van der Waals surface area contributed by atoms with Gasteiger partial charge in [0.1, 0.15) is 0 Å². The summed E-state index contributed by atoms with van der Waals surface area (Å²) in [5.41, 5.74) is 5.65.